The van der Waals surface area contributed by atoms with Crippen LogP contribution in [-0.4, -0.2) is 45.2 Å². The number of aryl methyl sites for hydroxylation is 1. The van der Waals surface area contributed by atoms with Gasteiger partial charge >= 0.3 is 0 Å². The predicted molar refractivity (Wildman–Crippen MR) is 143 cm³/mol. The van der Waals surface area contributed by atoms with Gasteiger partial charge in [0.15, 0.2) is 5.17 Å². The second-order valence-corrected chi connectivity index (χ2v) is 10.5. The van der Waals surface area contributed by atoms with Crippen LogP contribution in [0.4, 0.5) is 11.6 Å². The highest BCUT2D eigenvalue weighted by molar-refractivity contribution is 8.17. The Morgan fingerprint density at radius 2 is 1.88 bits per heavy atom. The summed E-state index contributed by atoms with van der Waals surface area (Å²) < 4.78 is 0. The third kappa shape index (κ3) is 5.59. The largest absolute Gasteiger partial charge is 0.378 e. The SMILES string of the molecule is CC12CC=C(/C=C/c3cnc(Nc4ccc(CCCN5CCCC5)cc4)nc3)C=C1SC(N)=N2. The van der Waals surface area contributed by atoms with E-state index in [9.17, 15) is 0 Å². The lowest BCUT2D eigenvalue weighted by molar-refractivity contribution is 0.334. The number of likely N-dealkylation sites (tertiary alicyclic amines) is 1. The zero-order valence-corrected chi connectivity index (χ0v) is 20.5. The molecule has 3 N–H and O–H groups in total. The summed E-state index contributed by atoms with van der Waals surface area (Å²) in [5.41, 5.74) is 10.2. The lowest BCUT2D eigenvalue weighted by atomic mass is 9.90. The van der Waals surface area contributed by atoms with Crippen LogP contribution in [-0.2, 0) is 6.42 Å². The smallest absolute Gasteiger partial charge is 0.227 e. The monoisotopic (exact) mass is 472 g/mol. The number of allylic oxidation sites excluding steroid dienone is 3. The molecule has 1 saturated heterocycles. The van der Waals surface area contributed by atoms with E-state index in [-0.39, 0.29) is 5.54 Å². The average Bonchev–Trinajstić information content (AvgIpc) is 3.46. The highest BCUT2D eigenvalue weighted by atomic mass is 32.2. The Kier molecular flexibility index (Phi) is 6.83. The molecule has 2 aliphatic heterocycles. The number of fused-ring (bicyclic) bond motifs is 1. The molecule has 3 heterocycles. The highest BCUT2D eigenvalue weighted by Gasteiger charge is 2.36. The van der Waals surface area contributed by atoms with Crippen molar-refractivity contribution in [3.05, 3.63) is 76.5 Å². The first-order valence-corrected chi connectivity index (χ1v) is 12.9. The Hall–Kier alpha value is -2.90. The third-order valence-corrected chi connectivity index (χ3v) is 7.70. The van der Waals surface area contributed by atoms with Crippen molar-refractivity contribution in [2.45, 2.75) is 44.6 Å². The fraction of sp³-hybridized carbons (Fsp3) is 0.370. The van der Waals surface area contributed by atoms with E-state index in [0.717, 1.165) is 29.7 Å². The third-order valence-electron chi connectivity index (χ3n) is 6.62. The molecule has 6 nitrogen and oxygen atoms in total. The Labute approximate surface area is 206 Å². The first-order valence-electron chi connectivity index (χ1n) is 12.1. The summed E-state index contributed by atoms with van der Waals surface area (Å²) in [6.45, 7) is 5.89. The van der Waals surface area contributed by atoms with Gasteiger partial charge in [0.1, 0.15) is 0 Å². The highest BCUT2D eigenvalue weighted by Crippen LogP contribution is 2.43. The van der Waals surface area contributed by atoms with Crippen molar-refractivity contribution in [1.29, 1.82) is 0 Å². The number of amidine groups is 1. The zero-order valence-electron chi connectivity index (χ0n) is 19.7. The van der Waals surface area contributed by atoms with Gasteiger partial charge in [-0.15, -0.1) is 0 Å². The molecule has 3 aliphatic rings. The number of benzene rings is 1. The van der Waals surface area contributed by atoms with Crippen molar-refractivity contribution < 1.29 is 0 Å². The van der Waals surface area contributed by atoms with E-state index < -0.39 is 0 Å². The molecule has 1 atom stereocenters. The van der Waals surface area contributed by atoms with Crippen LogP contribution < -0.4 is 11.1 Å². The van der Waals surface area contributed by atoms with Crippen LogP contribution in [0.5, 0.6) is 0 Å². The van der Waals surface area contributed by atoms with Crippen molar-refractivity contribution in [3.8, 4) is 0 Å². The van der Waals surface area contributed by atoms with E-state index in [2.05, 4.69) is 74.6 Å². The van der Waals surface area contributed by atoms with Crippen molar-refractivity contribution in [1.82, 2.24) is 14.9 Å². The topological polar surface area (TPSA) is 79.4 Å². The summed E-state index contributed by atoms with van der Waals surface area (Å²) in [6, 6.07) is 8.61. The lowest BCUT2D eigenvalue weighted by Crippen LogP contribution is -2.21. The zero-order chi connectivity index (χ0) is 23.4. The number of aliphatic imine (C=N–C) groups is 1. The molecule has 7 heteroatoms. The maximum absolute atomic E-state index is 5.91. The van der Waals surface area contributed by atoms with Gasteiger partial charge in [0.2, 0.25) is 5.95 Å². The standard InChI is InChI=1S/C27H32N6S/c1-27-13-12-21(17-24(27)34-25(28)32-27)6-7-22-18-29-26(30-19-22)31-23-10-8-20(9-11-23)5-4-16-33-14-2-3-15-33/h6-12,17-19H,2-5,13-16H2,1H3,(H2,28,32)(H,29,30,31)/b7-6+. The summed E-state index contributed by atoms with van der Waals surface area (Å²) in [4.78, 5) is 17.3. The normalized spacial score (nSPS) is 22.4. The van der Waals surface area contributed by atoms with E-state index in [0.29, 0.717) is 11.1 Å². The summed E-state index contributed by atoms with van der Waals surface area (Å²) in [5, 5.41) is 3.94. The Bertz CT molecular complexity index is 1130. The first kappa shape index (κ1) is 22.9. The molecule has 1 aromatic heterocycles. The molecule has 0 spiro atoms. The number of aromatic nitrogens is 2. The van der Waals surface area contributed by atoms with Crippen LogP contribution in [0.1, 0.15) is 43.7 Å². The molecular weight excluding hydrogens is 440 g/mol. The molecule has 2 aromatic rings. The lowest BCUT2D eigenvalue weighted by Gasteiger charge is -2.24. The summed E-state index contributed by atoms with van der Waals surface area (Å²) >= 11 is 1.57. The number of hydrogen-bond acceptors (Lipinski definition) is 7. The van der Waals surface area contributed by atoms with Crippen LogP contribution in [0.3, 0.4) is 0 Å². The van der Waals surface area contributed by atoms with E-state index in [1.165, 1.54) is 49.4 Å². The molecular formula is C27H32N6S. The van der Waals surface area contributed by atoms with Crippen LogP contribution >= 0.6 is 11.8 Å². The molecule has 1 fully saturated rings. The molecule has 176 valence electrons. The summed E-state index contributed by atoms with van der Waals surface area (Å²) in [7, 11) is 0. The van der Waals surface area contributed by atoms with Gasteiger partial charge in [0, 0.05) is 28.5 Å². The van der Waals surface area contributed by atoms with Crippen LogP contribution in [0.2, 0.25) is 0 Å². The molecule has 1 unspecified atom stereocenters. The Balaban J connectivity index is 1.12. The Morgan fingerprint density at radius 1 is 1.12 bits per heavy atom. The van der Waals surface area contributed by atoms with Gasteiger partial charge in [-0.05, 0) is 88.0 Å². The van der Waals surface area contributed by atoms with Crippen LogP contribution in [0.15, 0.2) is 70.4 Å². The molecule has 1 aromatic carbocycles. The minimum Gasteiger partial charge on any atom is -0.378 e. The minimum atomic E-state index is -0.186. The second kappa shape index (κ2) is 10.2. The molecule has 0 saturated carbocycles. The van der Waals surface area contributed by atoms with E-state index in [4.69, 9.17) is 5.73 Å². The number of rotatable bonds is 8. The van der Waals surface area contributed by atoms with Crippen molar-refractivity contribution in [2.75, 3.05) is 25.0 Å². The van der Waals surface area contributed by atoms with E-state index in [1.54, 1.807) is 11.8 Å². The van der Waals surface area contributed by atoms with Gasteiger partial charge in [0.05, 0.1) is 5.54 Å². The van der Waals surface area contributed by atoms with E-state index >= 15 is 0 Å². The van der Waals surface area contributed by atoms with Gasteiger partial charge in [-0.25, -0.2) is 9.97 Å². The molecule has 5 rings (SSSR count). The van der Waals surface area contributed by atoms with Gasteiger partial charge in [-0.1, -0.05) is 42.1 Å². The maximum atomic E-state index is 5.91. The quantitative estimate of drug-likeness (QED) is 0.543. The van der Waals surface area contributed by atoms with Gasteiger partial charge < -0.3 is 16.0 Å². The average molecular weight is 473 g/mol. The number of anilines is 2. The maximum Gasteiger partial charge on any atom is 0.227 e. The minimum absolute atomic E-state index is 0.186. The van der Waals surface area contributed by atoms with Gasteiger partial charge in [-0.2, -0.15) is 0 Å². The summed E-state index contributed by atoms with van der Waals surface area (Å²) in [6.07, 6.45) is 18.1. The summed E-state index contributed by atoms with van der Waals surface area (Å²) in [5.74, 6) is 0.601. The first-order chi connectivity index (χ1) is 16.6. The number of nitrogens with two attached hydrogens (primary N) is 1. The van der Waals surface area contributed by atoms with Crippen molar-refractivity contribution in [2.24, 2.45) is 10.7 Å². The van der Waals surface area contributed by atoms with Crippen LogP contribution in [0.25, 0.3) is 6.08 Å². The number of thioether (sulfide) groups is 1. The van der Waals surface area contributed by atoms with Crippen LogP contribution in [0, 0.1) is 0 Å². The van der Waals surface area contributed by atoms with Gasteiger partial charge in [0.25, 0.3) is 0 Å². The van der Waals surface area contributed by atoms with Crippen molar-refractivity contribution >= 4 is 34.6 Å². The number of nitrogens with zero attached hydrogens (tertiary/aromatic N) is 4. The molecule has 0 radical (unpaired) electrons. The molecule has 0 bridgehead atoms. The van der Waals surface area contributed by atoms with E-state index in [1.807, 2.05) is 18.5 Å². The Morgan fingerprint density at radius 3 is 2.65 bits per heavy atom. The van der Waals surface area contributed by atoms with Gasteiger partial charge in [-0.3, -0.25) is 4.99 Å². The second-order valence-electron chi connectivity index (χ2n) is 9.39. The molecule has 1 aliphatic carbocycles. The fourth-order valence-electron chi connectivity index (χ4n) is 4.60. The number of nitrogens with one attached hydrogen (secondary N) is 1. The number of hydrogen-bond donors (Lipinski definition) is 2. The fourth-order valence-corrected chi connectivity index (χ4v) is 5.61. The molecule has 34 heavy (non-hydrogen) atoms. The predicted octanol–water partition coefficient (Wildman–Crippen LogP) is 5.30. The van der Waals surface area contributed by atoms with Crippen molar-refractivity contribution in [3.63, 3.8) is 0 Å². The molecule has 0 amide bonds.